The highest BCUT2D eigenvalue weighted by Gasteiger charge is 2.28. The van der Waals surface area contributed by atoms with Gasteiger partial charge < -0.3 is 15.4 Å². The van der Waals surface area contributed by atoms with Crippen molar-refractivity contribution in [3.8, 4) is 11.4 Å². The van der Waals surface area contributed by atoms with Crippen molar-refractivity contribution < 1.29 is 14.3 Å². The standard InChI is InChI=1S/C23H25N5O3/c1-3-24-22(29)16-7-11-18(12-8-16)28-20(14-31-19-6-4-5-15(2)13-19)21(26-27-28)23(30)25-17-9-10-17/h4-8,11-13,17H,3,9-10,14H2,1-2H3,(H,24,29)(H,25,30). The van der Waals surface area contributed by atoms with Gasteiger partial charge in [0.15, 0.2) is 5.69 Å². The first-order valence-corrected chi connectivity index (χ1v) is 10.4. The number of rotatable bonds is 8. The van der Waals surface area contributed by atoms with Gasteiger partial charge in [0, 0.05) is 18.2 Å². The zero-order chi connectivity index (χ0) is 21.8. The molecule has 8 nitrogen and oxygen atoms in total. The van der Waals surface area contributed by atoms with Gasteiger partial charge in [0.2, 0.25) is 0 Å². The molecule has 4 rings (SSSR count). The molecule has 0 atom stereocenters. The third-order valence-electron chi connectivity index (χ3n) is 4.97. The van der Waals surface area contributed by atoms with Crippen molar-refractivity contribution >= 4 is 11.8 Å². The van der Waals surface area contributed by atoms with Crippen molar-refractivity contribution in [3.05, 3.63) is 71.0 Å². The third-order valence-corrected chi connectivity index (χ3v) is 4.97. The average molecular weight is 419 g/mol. The Hall–Kier alpha value is -3.68. The zero-order valence-electron chi connectivity index (χ0n) is 17.6. The third kappa shape index (κ3) is 4.91. The van der Waals surface area contributed by atoms with E-state index >= 15 is 0 Å². The Morgan fingerprint density at radius 1 is 1.13 bits per heavy atom. The van der Waals surface area contributed by atoms with Gasteiger partial charge in [0.05, 0.1) is 5.69 Å². The highest BCUT2D eigenvalue weighted by Crippen LogP contribution is 2.22. The van der Waals surface area contributed by atoms with Crippen LogP contribution in [0.4, 0.5) is 0 Å². The van der Waals surface area contributed by atoms with Gasteiger partial charge in [-0.3, -0.25) is 9.59 Å². The maximum Gasteiger partial charge on any atom is 0.274 e. The van der Waals surface area contributed by atoms with E-state index in [-0.39, 0.29) is 30.2 Å². The van der Waals surface area contributed by atoms with E-state index in [0.29, 0.717) is 29.2 Å². The van der Waals surface area contributed by atoms with Crippen molar-refractivity contribution in [2.45, 2.75) is 39.3 Å². The SMILES string of the molecule is CCNC(=O)c1ccc(-n2nnc(C(=O)NC3CC3)c2COc2cccc(C)c2)cc1. The summed E-state index contributed by atoms with van der Waals surface area (Å²) < 4.78 is 7.54. The predicted octanol–water partition coefficient (Wildman–Crippen LogP) is 2.80. The summed E-state index contributed by atoms with van der Waals surface area (Å²) in [7, 11) is 0. The van der Waals surface area contributed by atoms with Gasteiger partial charge in [-0.15, -0.1) is 5.10 Å². The monoisotopic (exact) mass is 419 g/mol. The van der Waals surface area contributed by atoms with Gasteiger partial charge in [-0.05, 0) is 68.7 Å². The lowest BCUT2D eigenvalue weighted by atomic mass is 10.2. The molecule has 0 aliphatic heterocycles. The Bertz CT molecular complexity index is 1090. The number of ether oxygens (including phenoxy) is 1. The number of carbonyl (C=O) groups excluding carboxylic acids is 2. The summed E-state index contributed by atoms with van der Waals surface area (Å²) >= 11 is 0. The van der Waals surface area contributed by atoms with Crippen LogP contribution in [0, 0.1) is 6.92 Å². The summed E-state index contributed by atoms with van der Waals surface area (Å²) in [5.41, 5.74) is 3.11. The molecule has 31 heavy (non-hydrogen) atoms. The van der Waals surface area contributed by atoms with Gasteiger partial charge in [-0.2, -0.15) is 0 Å². The van der Waals surface area contributed by atoms with E-state index in [0.717, 1.165) is 18.4 Å². The lowest BCUT2D eigenvalue weighted by molar-refractivity contribution is 0.0939. The molecule has 160 valence electrons. The Kier molecular flexibility index (Phi) is 5.97. The maximum atomic E-state index is 12.7. The second-order valence-electron chi connectivity index (χ2n) is 7.56. The molecule has 1 aliphatic carbocycles. The molecular formula is C23H25N5O3. The molecule has 1 aromatic heterocycles. The van der Waals surface area contributed by atoms with E-state index in [4.69, 9.17) is 4.74 Å². The molecule has 3 aromatic rings. The second-order valence-corrected chi connectivity index (χ2v) is 7.56. The van der Waals surface area contributed by atoms with Crippen molar-refractivity contribution in [2.24, 2.45) is 0 Å². The van der Waals surface area contributed by atoms with Crippen LogP contribution >= 0.6 is 0 Å². The molecule has 8 heteroatoms. The maximum absolute atomic E-state index is 12.7. The van der Waals surface area contributed by atoms with Crippen LogP contribution < -0.4 is 15.4 Å². The fourth-order valence-corrected chi connectivity index (χ4v) is 3.17. The van der Waals surface area contributed by atoms with Crippen LogP contribution in [0.1, 0.15) is 51.9 Å². The van der Waals surface area contributed by atoms with Crippen LogP contribution in [-0.2, 0) is 6.61 Å². The number of nitrogens with zero attached hydrogens (tertiary/aromatic N) is 3. The summed E-state index contributed by atoms with van der Waals surface area (Å²) in [5, 5.41) is 14.1. The summed E-state index contributed by atoms with van der Waals surface area (Å²) in [6.45, 7) is 4.55. The van der Waals surface area contributed by atoms with Crippen LogP contribution in [0.5, 0.6) is 5.75 Å². The van der Waals surface area contributed by atoms with Crippen LogP contribution in [0.15, 0.2) is 48.5 Å². The summed E-state index contributed by atoms with van der Waals surface area (Å²) in [6.07, 6.45) is 1.96. The van der Waals surface area contributed by atoms with Crippen LogP contribution in [0.2, 0.25) is 0 Å². The zero-order valence-corrected chi connectivity index (χ0v) is 17.6. The lowest BCUT2D eigenvalue weighted by Crippen LogP contribution is -2.27. The van der Waals surface area contributed by atoms with E-state index in [1.807, 2.05) is 38.1 Å². The summed E-state index contributed by atoms with van der Waals surface area (Å²) in [4.78, 5) is 24.7. The largest absolute Gasteiger partial charge is 0.487 e. The molecule has 1 saturated carbocycles. The topological polar surface area (TPSA) is 98.1 Å². The lowest BCUT2D eigenvalue weighted by Gasteiger charge is -2.11. The van der Waals surface area contributed by atoms with Crippen molar-refractivity contribution in [1.29, 1.82) is 0 Å². The minimum atomic E-state index is -0.254. The van der Waals surface area contributed by atoms with E-state index in [2.05, 4.69) is 20.9 Å². The first-order valence-electron chi connectivity index (χ1n) is 10.4. The minimum Gasteiger partial charge on any atom is -0.487 e. The molecule has 2 amide bonds. The van der Waals surface area contributed by atoms with Crippen molar-refractivity contribution in [1.82, 2.24) is 25.6 Å². The van der Waals surface area contributed by atoms with E-state index in [1.54, 1.807) is 28.9 Å². The number of aromatic nitrogens is 3. The van der Waals surface area contributed by atoms with E-state index in [9.17, 15) is 9.59 Å². The quantitative estimate of drug-likeness (QED) is 0.585. The number of aryl methyl sites for hydroxylation is 1. The highest BCUT2D eigenvalue weighted by molar-refractivity contribution is 5.94. The Morgan fingerprint density at radius 3 is 2.58 bits per heavy atom. The number of amides is 2. The van der Waals surface area contributed by atoms with Gasteiger partial charge in [-0.1, -0.05) is 17.3 Å². The Balaban J connectivity index is 1.62. The normalized spacial score (nSPS) is 13.0. The van der Waals surface area contributed by atoms with Crippen LogP contribution in [-0.4, -0.2) is 39.4 Å². The fourth-order valence-electron chi connectivity index (χ4n) is 3.17. The van der Waals surface area contributed by atoms with Gasteiger partial charge in [0.25, 0.3) is 11.8 Å². The fraction of sp³-hybridized carbons (Fsp3) is 0.304. The van der Waals surface area contributed by atoms with Crippen molar-refractivity contribution in [3.63, 3.8) is 0 Å². The minimum absolute atomic E-state index is 0.127. The van der Waals surface area contributed by atoms with E-state index in [1.165, 1.54) is 0 Å². The number of nitrogens with one attached hydrogen (secondary N) is 2. The number of carbonyl (C=O) groups is 2. The van der Waals surface area contributed by atoms with Gasteiger partial charge in [0.1, 0.15) is 18.1 Å². The average Bonchev–Trinajstić information content (AvgIpc) is 3.48. The Labute approximate surface area is 180 Å². The highest BCUT2D eigenvalue weighted by atomic mass is 16.5. The number of hydrogen-bond donors (Lipinski definition) is 2. The number of benzene rings is 2. The molecule has 1 fully saturated rings. The van der Waals surface area contributed by atoms with E-state index < -0.39 is 0 Å². The smallest absolute Gasteiger partial charge is 0.274 e. The predicted molar refractivity (Wildman–Crippen MR) is 115 cm³/mol. The molecule has 1 aliphatic rings. The summed E-state index contributed by atoms with van der Waals surface area (Å²) in [5.74, 6) is 0.309. The molecular weight excluding hydrogens is 394 g/mol. The van der Waals surface area contributed by atoms with Gasteiger partial charge >= 0.3 is 0 Å². The molecule has 0 unspecified atom stereocenters. The number of hydrogen-bond acceptors (Lipinski definition) is 5. The molecule has 0 saturated heterocycles. The molecule has 0 spiro atoms. The summed E-state index contributed by atoms with van der Waals surface area (Å²) in [6, 6.07) is 14.9. The van der Waals surface area contributed by atoms with Crippen LogP contribution in [0.25, 0.3) is 5.69 Å². The molecule has 2 N–H and O–H groups in total. The van der Waals surface area contributed by atoms with Crippen molar-refractivity contribution in [2.75, 3.05) is 6.54 Å². The van der Waals surface area contributed by atoms with Crippen LogP contribution in [0.3, 0.4) is 0 Å². The first kappa shape index (κ1) is 20.6. The molecule has 0 bridgehead atoms. The molecule has 2 aromatic carbocycles. The first-order chi connectivity index (χ1) is 15.0. The Morgan fingerprint density at radius 2 is 1.90 bits per heavy atom. The van der Waals surface area contributed by atoms with Gasteiger partial charge in [-0.25, -0.2) is 4.68 Å². The molecule has 0 radical (unpaired) electrons. The second kappa shape index (κ2) is 8.99. The molecule has 1 heterocycles.